The van der Waals surface area contributed by atoms with Gasteiger partial charge < -0.3 is 5.11 Å². The molecule has 0 radical (unpaired) electrons. The molecule has 1 aliphatic rings. The van der Waals surface area contributed by atoms with Gasteiger partial charge in [-0.15, -0.1) is 0 Å². The number of hydrogen-bond acceptors (Lipinski definition) is 4. The van der Waals surface area contributed by atoms with Gasteiger partial charge in [0.2, 0.25) is 11.8 Å². The number of nitrogens with zero attached hydrogens (tertiary/aromatic N) is 1. The Hall–Kier alpha value is -2.21. The molecule has 1 aromatic rings. The van der Waals surface area contributed by atoms with Gasteiger partial charge in [-0.25, -0.2) is 4.79 Å². The van der Waals surface area contributed by atoms with E-state index < -0.39 is 5.97 Å². The average Bonchev–Trinajstić information content (AvgIpc) is 2.27. The third-order valence-electron chi connectivity index (χ3n) is 2.65. The lowest BCUT2D eigenvalue weighted by Crippen LogP contribution is -2.50. The number of nitrogens with one attached hydrogen (secondary N) is 1. The predicted octanol–water partition coefficient (Wildman–Crippen LogP) is -0.157. The van der Waals surface area contributed by atoms with Crippen molar-refractivity contribution in [2.75, 3.05) is 13.1 Å². The number of piperazine rings is 1. The van der Waals surface area contributed by atoms with Gasteiger partial charge in [0.05, 0.1) is 18.7 Å². The monoisotopic (exact) mass is 248 g/mol. The number of carboxylic acids is 1. The number of hydrogen-bond donors (Lipinski definition) is 2. The van der Waals surface area contributed by atoms with Crippen LogP contribution in [0.3, 0.4) is 0 Å². The van der Waals surface area contributed by atoms with Crippen molar-refractivity contribution >= 4 is 17.8 Å². The van der Waals surface area contributed by atoms with E-state index >= 15 is 0 Å². The lowest BCUT2D eigenvalue weighted by molar-refractivity contribution is -0.136. The van der Waals surface area contributed by atoms with Crippen molar-refractivity contribution in [2.45, 2.75) is 6.54 Å². The summed E-state index contributed by atoms with van der Waals surface area (Å²) in [7, 11) is 0. The first-order valence-corrected chi connectivity index (χ1v) is 5.42. The molecule has 2 rings (SSSR count). The minimum absolute atomic E-state index is 0.0969. The molecule has 18 heavy (non-hydrogen) atoms. The van der Waals surface area contributed by atoms with Crippen molar-refractivity contribution in [1.82, 2.24) is 10.2 Å². The number of amides is 2. The van der Waals surface area contributed by atoms with Crippen LogP contribution in [0.4, 0.5) is 0 Å². The Bertz CT molecular complexity index is 497. The molecular weight excluding hydrogens is 236 g/mol. The molecule has 1 heterocycles. The fourth-order valence-corrected chi connectivity index (χ4v) is 1.92. The summed E-state index contributed by atoms with van der Waals surface area (Å²) >= 11 is 0. The number of benzene rings is 1. The van der Waals surface area contributed by atoms with Crippen molar-refractivity contribution < 1.29 is 19.5 Å². The Kier molecular flexibility index (Phi) is 3.38. The van der Waals surface area contributed by atoms with Crippen LogP contribution < -0.4 is 5.32 Å². The van der Waals surface area contributed by atoms with E-state index in [2.05, 4.69) is 5.32 Å². The lowest BCUT2D eigenvalue weighted by atomic mass is 10.1. The van der Waals surface area contributed by atoms with Crippen molar-refractivity contribution in [1.29, 1.82) is 0 Å². The molecule has 6 heteroatoms. The van der Waals surface area contributed by atoms with Crippen LogP contribution in [-0.2, 0) is 16.1 Å². The zero-order valence-corrected chi connectivity index (χ0v) is 9.55. The zero-order chi connectivity index (χ0) is 13.1. The van der Waals surface area contributed by atoms with E-state index in [1.165, 1.54) is 6.07 Å². The second-order valence-corrected chi connectivity index (χ2v) is 4.08. The second-order valence-electron chi connectivity index (χ2n) is 4.08. The molecule has 0 spiro atoms. The van der Waals surface area contributed by atoms with Crippen molar-refractivity contribution in [3.05, 3.63) is 35.4 Å². The quantitative estimate of drug-likeness (QED) is 0.726. The van der Waals surface area contributed by atoms with Crippen LogP contribution in [0.2, 0.25) is 0 Å². The predicted molar refractivity (Wildman–Crippen MR) is 61.8 cm³/mol. The molecule has 2 N–H and O–H groups in total. The Labute approximate surface area is 103 Å². The van der Waals surface area contributed by atoms with E-state index in [0.717, 1.165) is 0 Å². The standard InChI is InChI=1S/C12H12N2O4/c15-10-6-14(7-11(16)13-10)5-8-3-1-2-4-9(8)12(17)18/h1-4H,5-7H2,(H,17,18)(H,13,15,16). The van der Waals surface area contributed by atoms with Crippen LogP contribution in [0.1, 0.15) is 15.9 Å². The number of imide groups is 1. The second kappa shape index (κ2) is 4.97. The van der Waals surface area contributed by atoms with Crippen LogP contribution in [0.15, 0.2) is 24.3 Å². The number of carbonyl (C=O) groups excluding carboxylic acids is 2. The summed E-state index contributed by atoms with van der Waals surface area (Å²) in [5.74, 6) is -1.74. The minimum Gasteiger partial charge on any atom is -0.478 e. The molecule has 2 amide bonds. The number of rotatable bonds is 3. The third-order valence-corrected chi connectivity index (χ3v) is 2.65. The Morgan fingerprint density at radius 1 is 1.22 bits per heavy atom. The van der Waals surface area contributed by atoms with E-state index in [-0.39, 0.29) is 37.0 Å². The van der Waals surface area contributed by atoms with Gasteiger partial charge in [0.25, 0.3) is 0 Å². The van der Waals surface area contributed by atoms with Crippen LogP contribution >= 0.6 is 0 Å². The van der Waals surface area contributed by atoms with Crippen LogP contribution in [-0.4, -0.2) is 40.9 Å². The summed E-state index contributed by atoms with van der Waals surface area (Å²) in [5.41, 5.74) is 0.781. The van der Waals surface area contributed by atoms with E-state index in [1.54, 1.807) is 23.1 Å². The van der Waals surface area contributed by atoms with Crippen molar-refractivity contribution in [3.63, 3.8) is 0 Å². The summed E-state index contributed by atoms with van der Waals surface area (Å²) in [4.78, 5) is 35.0. The molecule has 1 aliphatic heterocycles. The SMILES string of the molecule is O=C1CN(Cc2ccccc2C(=O)O)CC(=O)N1. The molecule has 0 aliphatic carbocycles. The topological polar surface area (TPSA) is 86.7 Å². The number of carbonyl (C=O) groups is 3. The van der Waals surface area contributed by atoms with Gasteiger partial charge in [0, 0.05) is 6.54 Å². The summed E-state index contributed by atoms with van der Waals surface area (Å²) in [6, 6.07) is 6.55. The van der Waals surface area contributed by atoms with Gasteiger partial charge in [-0.2, -0.15) is 0 Å². The molecule has 1 fully saturated rings. The molecule has 0 atom stereocenters. The average molecular weight is 248 g/mol. The van der Waals surface area contributed by atoms with Crippen LogP contribution in [0, 0.1) is 0 Å². The minimum atomic E-state index is -1.02. The van der Waals surface area contributed by atoms with E-state index in [4.69, 9.17) is 5.11 Å². The zero-order valence-electron chi connectivity index (χ0n) is 9.55. The highest BCUT2D eigenvalue weighted by Gasteiger charge is 2.23. The lowest BCUT2D eigenvalue weighted by Gasteiger charge is -2.25. The Balaban J connectivity index is 2.16. The van der Waals surface area contributed by atoms with E-state index in [0.29, 0.717) is 5.56 Å². The van der Waals surface area contributed by atoms with Crippen LogP contribution in [0.5, 0.6) is 0 Å². The van der Waals surface area contributed by atoms with Gasteiger partial charge in [-0.3, -0.25) is 19.8 Å². The molecule has 0 saturated carbocycles. The molecule has 1 saturated heterocycles. The van der Waals surface area contributed by atoms with E-state index in [9.17, 15) is 14.4 Å². The fraction of sp³-hybridized carbons (Fsp3) is 0.250. The maximum absolute atomic E-state index is 11.2. The Morgan fingerprint density at radius 3 is 2.44 bits per heavy atom. The van der Waals surface area contributed by atoms with Crippen molar-refractivity contribution in [2.24, 2.45) is 0 Å². The van der Waals surface area contributed by atoms with Gasteiger partial charge in [-0.1, -0.05) is 18.2 Å². The molecule has 0 bridgehead atoms. The van der Waals surface area contributed by atoms with Crippen molar-refractivity contribution in [3.8, 4) is 0 Å². The number of carboxylic acid groups (broad SMARTS) is 1. The highest BCUT2D eigenvalue weighted by molar-refractivity contribution is 5.99. The maximum atomic E-state index is 11.2. The molecule has 94 valence electrons. The highest BCUT2D eigenvalue weighted by Crippen LogP contribution is 2.12. The largest absolute Gasteiger partial charge is 0.478 e. The number of aromatic carboxylic acids is 1. The van der Waals surface area contributed by atoms with Gasteiger partial charge in [0.15, 0.2) is 0 Å². The summed E-state index contributed by atoms with van der Waals surface area (Å²) in [6.45, 7) is 0.459. The molecule has 0 aromatic heterocycles. The van der Waals surface area contributed by atoms with E-state index in [1.807, 2.05) is 0 Å². The summed E-state index contributed by atoms with van der Waals surface area (Å²) < 4.78 is 0. The maximum Gasteiger partial charge on any atom is 0.336 e. The molecule has 0 unspecified atom stereocenters. The van der Waals surface area contributed by atoms with Gasteiger partial charge in [-0.05, 0) is 11.6 Å². The Morgan fingerprint density at radius 2 is 1.83 bits per heavy atom. The first kappa shape index (κ1) is 12.3. The molecule has 1 aromatic carbocycles. The summed E-state index contributed by atoms with van der Waals surface area (Å²) in [5, 5.41) is 11.2. The smallest absolute Gasteiger partial charge is 0.336 e. The summed E-state index contributed by atoms with van der Waals surface area (Å²) in [6.07, 6.45) is 0. The third kappa shape index (κ3) is 2.72. The molecule has 6 nitrogen and oxygen atoms in total. The van der Waals surface area contributed by atoms with Crippen LogP contribution in [0.25, 0.3) is 0 Å². The molecular formula is C12H12N2O4. The highest BCUT2D eigenvalue weighted by atomic mass is 16.4. The fourth-order valence-electron chi connectivity index (χ4n) is 1.92. The first-order valence-electron chi connectivity index (χ1n) is 5.42. The van der Waals surface area contributed by atoms with Gasteiger partial charge in [0.1, 0.15) is 0 Å². The normalized spacial score (nSPS) is 16.4. The first-order chi connectivity index (χ1) is 8.56. The van der Waals surface area contributed by atoms with Gasteiger partial charge >= 0.3 is 5.97 Å².